The standard InChI is InChI=1S/C31H42F2N2O8S/c1-4-20(5-2)16-35(44(39,40)25-8-6-22(7-9-25)19(3)36)17-28(37)27(14-21-12-23(32)15-24(33)13-21)34-31(38)43-29-18-42-30-26(29)10-11-41-30/h6-9,12-13,15,19-20,26-30,36-37H,4-5,10-11,14,16-18H2,1-3H3,(H,34,38)/t19-,26-,27-,28+,29-,30+/m0/s1. The smallest absolute Gasteiger partial charge is 0.407 e. The van der Waals surface area contributed by atoms with Crippen molar-refractivity contribution < 1.29 is 46.4 Å². The third kappa shape index (κ3) is 8.52. The van der Waals surface area contributed by atoms with Crippen molar-refractivity contribution in [3.8, 4) is 0 Å². The number of ether oxygens (including phenoxy) is 3. The molecule has 0 spiro atoms. The minimum atomic E-state index is -4.13. The van der Waals surface area contributed by atoms with E-state index >= 15 is 0 Å². The summed E-state index contributed by atoms with van der Waals surface area (Å²) < 4.78 is 73.6. The van der Waals surface area contributed by atoms with Crippen molar-refractivity contribution >= 4 is 16.1 Å². The highest BCUT2D eigenvalue weighted by molar-refractivity contribution is 7.89. The maximum Gasteiger partial charge on any atom is 0.407 e. The number of hydrogen-bond donors (Lipinski definition) is 3. The van der Waals surface area contributed by atoms with Crippen LogP contribution < -0.4 is 5.32 Å². The van der Waals surface area contributed by atoms with E-state index in [-0.39, 0.29) is 41.9 Å². The van der Waals surface area contributed by atoms with E-state index in [1.165, 1.54) is 28.6 Å². The van der Waals surface area contributed by atoms with Crippen LogP contribution in [-0.4, -0.2) is 79.9 Å². The number of carbonyl (C=O) groups excluding carboxylic acids is 1. The molecule has 0 aliphatic carbocycles. The molecular formula is C31H42F2N2O8S. The van der Waals surface area contributed by atoms with Gasteiger partial charge in [-0.05, 0) is 61.1 Å². The number of aliphatic hydroxyl groups excluding tert-OH is 2. The summed E-state index contributed by atoms with van der Waals surface area (Å²) in [6.45, 7) is 5.76. The van der Waals surface area contributed by atoms with Crippen LogP contribution in [0.4, 0.5) is 13.6 Å². The van der Waals surface area contributed by atoms with E-state index in [1.807, 2.05) is 13.8 Å². The topological polar surface area (TPSA) is 135 Å². The molecule has 0 radical (unpaired) electrons. The number of alkyl carbamates (subject to hydrolysis) is 1. The Balaban J connectivity index is 1.58. The number of rotatable bonds is 14. The van der Waals surface area contributed by atoms with Crippen LogP contribution >= 0.6 is 0 Å². The van der Waals surface area contributed by atoms with Crippen LogP contribution in [0.15, 0.2) is 47.4 Å². The lowest BCUT2D eigenvalue weighted by Crippen LogP contribution is -2.52. The molecule has 6 atom stereocenters. The Bertz CT molecular complexity index is 1340. The van der Waals surface area contributed by atoms with Gasteiger partial charge in [-0.25, -0.2) is 22.0 Å². The number of fused-ring (bicyclic) bond motifs is 1. The zero-order valence-electron chi connectivity index (χ0n) is 25.2. The zero-order valence-corrected chi connectivity index (χ0v) is 26.0. The molecular weight excluding hydrogens is 598 g/mol. The first-order chi connectivity index (χ1) is 20.9. The Morgan fingerprint density at radius 1 is 1.07 bits per heavy atom. The van der Waals surface area contributed by atoms with Crippen LogP contribution in [0.25, 0.3) is 0 Å². The van der Waals surface area contributed by atoms with Gasteiger partial charge >= 0.3 is 6.09 Å². The van der Waals surface area contributed by atoms with E-state index < -0.39 is 64.9 Å². The molecule has 4 rings (SSSR count). The van der Waals surface area contributed by atoms with Crippen molar-refractivity contribution in [1.29, 1.82) is 0 Å². The SMILES string of the molecule is CCC(CC)CN(C[C@@H](O)[C@H](Cc1cc(F)cc(F)c1)NC(=O)O[C@H]1CO[C@H]2OCC[C@H]21)S(=O)(=O)c1ccc([C@H](C)O)cc1. The molecule has 2 aromatic rings. The zero-order chi connectivity index (χ0) is 32.0. The van der Waals surface area contributed by atoms with Crippen LogP contribution in [0.3, 0.4) is 0 Å². The quantitative estimate of drug-likeness (QED) is 0.283. The first-order valence-electron chi connectivity index (χ1n) is 15.0. The van der Waals surface area contributed by atoms with Gasteiger partial charge in [-0.2, -0.15) is 4.31 Å². The van der Waals surface area contributed by atoms with Crippen LogP contribution in [-0.2, 0) is 30.7 Å². The highest BCUT2D eigenvalue weighted by Gasteiger charge is 2.44. The molecule has 2 aliphatic rings. The van der Waals surface area contributed by atoms with Crippen molar-refractivity contribution in [2.45, 2.75) is 82.0 Å². The largest absolute Gasteiger partial charge is 0.443 e. The van der Waals surface area contributed by atoms with Crippen molar-refractivity contribution in [2.24, 2.45) is 11.8 Å². The third-order valence-corrected chi connectivity index (χ3v) is 10.2. The first-order valence-corrected chi connectivity index (χ1v) is 16.5. The van der Waals surface area contributed by atoms with Gasteiger partial charge in [-0.15, -0.1) is 0 Å². The van der Waals surface area contributed by atoms with Gasteiger partial charge in [0.1, 0.15) is 17.7 Å². The number of carbonyl (C=O) groups is 1. The second-order valence-electron chi connectivity index (χ2n) is 11.5. The van der Waals surface area contributed by atoms with Gasteiger partial charge in [-0.1, -0.05) is 38.8 Å². The molecule has 1 amide bonds. The average molecular weight is 641 g/mol. The lowest BCUT2D eigenvalue weighted by atomic mass is 10.00. The Hall–Kier alpha value is -2.68. The summed E-state index contributed by atoms with van der Waals surface area (Å²) in [4.78, 5) is 13.0. The predicted molar refractivity (Wildman–Crippen MR) is 157 cm³/mol. The number of aliphatic hydroxyl groups is 2. The number of amides is 1. The molecule has 13 heteroatoms. The highest BCUT2D eigenvalue weighted by atomic mass is 32.2. The fourth-order valence-corrected chi connectivity index (χ4v) is 7.18. The van der Waals surface area contributed by atoms with Crippen molar-refractivity contribution in [2.75, 3.05) is 26.3 Å². The number of sulfonamides is 1. The summed E-state index contributed by atoms with van der Waals surface area (Å²) >= 11 is 0. The summed E-state index contributed by atoms with van der Waals surface area (Å²) in [5.74, 6) is -1.82. The fourth-order valence-electron chi connectivity index (χ4n) is 5.65. The number of nitrogens with one attached hydrogen (secondary N) is 1. The summed E-state index contributed by atoms with van der Waals surface area (Å²) in [5.41, 5.74) is 0.701. The van der Waals surface area contributed by atoms with Gasteiger partial charge in [0, 0.05) is 19.2 Å². The molecule has 0 unspecified atom stereocenters. The molecule has 2 aromatic carbocycles. The predicted octanol–water partition coefficient (Wildman–Crippen LogP) is 3.90. The lowest BCUT2D eigenvalue weighted by Gasteiger charge is -2.32. The fraction of sp³-hybridized carbons (Fsp3) is 0.581. The maximum atomic E-state index is 14.0. The molecule has 44 heavy (non-hydrogen) atoms. The van der Waals surface area contributed by atoms with Crippen molar-refractivity contribution in [1.82, 2.24) is 9.62 Å². The molecule has 10 nitrogen and oxygen atoms in total. The summed E-state index contributed by atoms with van der Waals surface area (Å²) in [7, 11) is -4.13. The van der Waals surface area contributed by atoms with Gasteiger partial charge in [0.25, 0.3) is 0 Å². The van der Waals surface area contributed by atoms with Gasteiger partial charge in [0.15, 0.2) is 6.29 Å². The molecule has 2 heterocycles. The molecule has 244 valence electrons. The number of hydrogen-bond acceptors (Lipinski definition) is 8. The van der Waals surface area contributed by atoms with Gasteiger partial charge in [0.2, 0.25) is 10.0 Å². The summed E-state index contributed by atoms with van der Waals surface area (Å²) in [6.07, 6.45) is -2.37. The molecule has 0 bridgehead atoms. The Morgan fingerprint density at radius 3 is 2.34 bits per heavy atom. The molecule has 3 N–H and O–H groups in total. The second-order valence-corrected chi connectivity index (χ2v) is 13.5. The minimum absolute atomic E-state index is 0.0219. The van der Waals surface area contributed by atoms with E-state index in [4.69, 9.17) is 14.2 Å². The Kier molecular flexibility index (Phi) is 11.7. The first kappa shape index (κ1) is 34.2. The summed E-state index contributed by atoms with van der Waals surface area (Å²) in [5, 5.41) is 23.9. The minimum Gasteiger partial charge on any atom is -0.443 e. The normalized spacial score (nSPS) is 22.2. The molecule has 2 aliphatic heterocycles. The van der Waals surface area contributed by atoms with Crippen LogP contribution in [0, 0.1) is 23.5 Å². The average Bonchev–Trinajstić information content (AvgIpc) is 3.59. The monoisotopic (exact) mass is 640 g/mol. The van der Waals surface area contributed by atoms with E-state index in [1.54, 1.807) is 6.92 Å². The molecule has 0 aromatic heterocycles. The van der Waals surface area contributed by atoms with Crippen LogP contribution in [0.1, 0.15) is 57.3 Å². The van der Waals surface area contributed by atoms with E-state index in [0.29, 0.717) is 37.5 Å². The molecule has 2 fully saturated rings. The number of halogens is 2. The molecule has 0 saturated carbocycles. The Labute approximate surface area is 257 Å². The lowest BCUT2D eigenvalue weighted by molar-refractivity contribution is -0.0907. The van der Waals surface area contributed by atoms with Crippen molar-refractivity contribution in [3.63, 3.8) is 0 Å². The van der Waals surface area contributed by atoms with Gasteiger partial charge in [-0.3, -0.25) is 0 Å². The van der Waals surface area contributed by atoms with Gasteiger partial charge in [0.05, 0.1) is 42.3 Å². The van der Waals surface area contributed by atoms with E-state index in [0.717, 1.165) is 12.1 Å². The number of nitrogens with zero attached hydrogens (tertiary/aromatic N) is 1. The Morgan fingerprint density at radius 2 is 1.73 bits per heavy atom. The third-order valence-electron chi connectivity index (χ3n) is 8.40. The maximum absolute atomic E-state index is 14.0. The highest BCUT2D eigenvalue weighted by Crippen LogP contribution is 2.33. The van der Waals surface area contributed by atoms with E-state index in [9.17, 15) is 32.2 Å². The number of benzene rings is 2. The molecule has 2 saturated heterocycles. The van der Waals surface area contributed by atoms with Crippen molar-refractivity contribution in [3.05, 3.63) is 65.2 Å². The second kappa shape index (κ2) is 15.1. The summed E-state index contributed by atoms with van der Waals surface area (Å²) in [6, 6.07) is 7.56. The van der Waals surface area contributed by atoms with Crippen LogP contribution in [0.5, 0.6) is 0 Å². The van der Waals surface area contributed by atoms with Crippen LogP contribution in [0.2, 0.25) is 0 Å². The van der Waals surface area contributed by atoms with Gasteiger partial charge < -0.3 is 29.7 Å². The van der Waals surface area contributed by atoms with E-state index in [2.05, 4.69) is 5.32 Å².